The number of likely N-dealkylation sites (tertiary alicyclic amines) is 1. The summed E-state index contributed by atoms with van der Waals surface area (Å²) in [5.41, 5.74) is 0. The van der Waals surface area contributed by atoms with Gasteiger partial charge >= 0.3 is 0 Å². The van der Waals surface area contributed by atoms with Crippen LogP contribution in [0.1, 0.15) is 26.7 Å². The lowest BCUT2D eigenvalue weighted by Gasteiger charge is -2.48. The van der Waals surface area contributed by atoms with Gasteiger partial charge in [-0.2, -0.15) is 0 Å². The van der Waals surface area contributed by atoms with E-state index in [9.17, 15) is 4.79 Å². The van der Waals surface area contributed by atoms with Crippen LogP contribution in [0.15, 0.2) is 0 Å². The maximum absolute atomic E-state index is 11.9. The van der Waals surface area contributed by atoms with Crippen LogP contribution in [0.25, 0.3) is 0 Å². The van der Waals surface area contributed by atoms with Crippen LogP contribution in [0.5, 0.6) is 0 Å². The SMILES string of the molecule is CCC(C)C(=O)N1CCC1[N+](C)(C)C. The summed E-state index contributed by atoms with van der Waals surface area (Å²) in [5.74, 6) is 0.515. The summed E-state index contributed by atoms with van der Waals surface area (Å²) in [4.78, 5) is 14.0. The molecule has 3 nitrogen and oxygen atoms in total. The molecule has 1 rings (SSSR count). The predicted molar refractivity (Wildman–Crippen MR) is 57.6 cm³/mol. The minimum absolute atomic E-state index is 0.185. The summed E-state index contributed by atoms with van der Waals surface area (Å²) in [6.45, 7) is 5.04. The second-order valence-electron chi connectivity index (χ2n) is 5.23. The van der Waals surface area contributed by atoms with E-state index in [1.54, 1.807) is 0 Å². The Bertz CT molecular complexity index is 220. The van der Waals surface area contributed by atoms with E-state index >= 15 is 0 Å². The van der Waals surface area contributed by atoms with Gasteiger partial charge in [-0.15, -0.1) is 0 Å². The zero-order valence-electron chi connectivity index (χ0n) is 10.1. The van der Waals surface area contributed by atoms with Gasteiger partial charge in [-0.1, -0.05) is 13.8 Å². The normalized spacial score (nSPS) is 24.4. The van der Waals surface area contributed by atoms with Gasteiger partial charge in [-0.3, -0.25) is 9.69 Å². The predicted octanol–water partition coefficient (Wildman–Crippen LogP) is 1.30. The van der Waals surface area contributed by atoms with Crippen LogP contribution in [-0.4, -0.2) is 49.1 Å². The third kappa shape index (κ3) is 2.08. The van der Waals surface area contributed by atoms with Crippen LogP contribution in [0.3, 0.4) is 0 Å². The fraction of sp³-hybridized carbons (Fsp3) is 0.909. The Morgan fingerprint density at radius 1 is 1.50 bits per heavy atom. The van der Waals surface area contributed by atoms with Gasteiger partial charge in [-0.05, 0) is 6.42 Å². The Balaban J connectivity index is 2.59. The maximum Gasteiger partial charge on any atom is 0.229 e. The lowest BCUT2D eigenvalue weighted by atomic mass is 10.0. The molecule has 0 radical (unpaired) electrons. The van der Waals surface area contributed by atoms with Crippen molar-refractivity contribution in [2.75, 3.05) is 27.7 Å². The molecule has 1 amide bonds. The highest BCUT2D eigenvalue weighted by atomic mass is 16.2. The zero-order valence-corrected chi connectivity index (χ0v) is 10.1. The molecule has 14 heavy (non-hydrogen) atoms. The number of amides is 1. The average molecular weight is 199 g/mol. The monoisotopic (exact) mass is 199 g/mol. The van der Waals surface area contributed by atoms with Crippen molar-refractivity contribution in [1.29, 1.82) is 0 Å². The number of nitrogens with zero attached hydrogens (tertiary/aromatic N) is 2. The highest BCUT2D eigenvalue weighted by Crippen LogP contribution is 2.25. The van der Waals surface area contributed by atoms with E-state index in [1.807, 2.05) is 11.8 Å². The minimum Gasteiger partial charge on any atom is -0.311 e. The number of carbonyl (C=O) groups excluding carboxylic acids is 1. The van der Waals surface area contributed by atoms with Crippen LogP contribution in [0.2, 0.25) is 0 Å². The van der Waals surface area contributed by atoms with E-state index in [2.05, 4.69) is 28.1 Å². The Morgan fingerprint density at radius 2 is 2.07 bits per heavy atom. The van der Waals surface area contributed by atoms with Gasteiger partial charge in [-0.25, -0.2) is 0 Å². The summed E-state index contributed by atoms with van der Waals surface area (Å²) < 4.78 is 0.863. The Hall–Kier alpha value is -0.570. The summed E-state index contributed by atoms with van der Waals surface area (Å²) >= 11 is 0. The molecule has 0 aliphatic carbocycles. The molecule has 0 N–H and O–H groups in total. The van der Waals surface area contributed by atoms with Gasteiger partial charge in [0.25, 0.3) is 0 Å². The Kier molecular flexibility index (Phi) is 3.20. The molecule has 2 atom stereocenters. The van der Waals surface area contributed by atoms with Crippen LogP contribution in [-0.2, 0) is 4.79 Å². The highest BCUT2D eigenvalue weighted by molar-refractivity contribution is 5.79. The van der Waals surface area contributed by atoms with Gasteiger partial charge in [0.2, 0.25) is 5.91 Å². The van der Waals surface area contributed by atoms with Gasteiger partial charge in [0, 0.05) is 18.9 Å². The molecule has 82 valence electrons. The van der Waals surface area contributed by atoms with Crippen molar-refractivity contribution in [3.63, 3.8) is 0 Å². The summed E-state index contributed by atoms with van der Waals surface area (Å²) in [7, 11) is 6.46. The third-order valence-corrected chi connectivity index (χ3v) is 3.20. The topological polar surface area (TPSA) is 20.3 Å². The second-order valence-corrected chi connectivity index (χ2v) is 5.23. The smallest absolute Gasteiger partial charge is 0.229 e. The van der Waals surface area contributed by atoms with E-state index in [0.29, 0.717) is 12.1 Å². The molecule has 0 bridgehead atoms. The van der Waals surface area contributed by atoms with Crippen molar-refractivity contribution in [1.82, 2.24) is 4.90 Å². The first kappa shape index (κ1) is 11.5. The standard InChI is InChI=1S/C11H23N2O/c1-6-9(2)11(14)12-8-7-10(12)13(3,4)5/h9-10H,6-8H2,1-5H3/q+1. The average Bonchev–Trinajstić information content (AvgIpc) is 1.97. The summed E-state index contributed by atoms with van der Waals surface area (Å²) in [5, 5.41) is 0. The molecule has 1 fully saturated rings. The molecule has 0 aromatic rings. The zero-order chi connectivity index (χ0) is 10.9. The molecule has 1 aliphatic heterocycles. The molecular formula is C11H23N2O+. The van der Waals surface area contributed by atoms with E-state index in [-0.39, 0.29) is 5.92 Å². The number of hydrogen-bond acceptors (Lipinski definition) is 1. The van der Waals surface area contributed by atoms with Crippen molar-refractivity contribution in [3.8, 4) is 0 Å². The van der Waals surface area contributed by atoms with Crippen LogP contribution >= 0.6 is 0 Å². The molecule has 0 saturated carbocycles. The molecule has 0 aromatic heterocycles. The van der Waals surface area contributed by atoms with E-state index in [1.165, 1.54) is 0 Å². The quantitative estimate of drug-likeness (QED) is 0.627. The van der Waals surface area contributed by atoms with Crippen LogP contribution < -0.4 is 0 Å². The van der Waals surface area contributed by atoms with E-state index in [0.717, 1.165) is 23.9 Å². The van der Waals surface area contributed by atoms with Crippen molar-refractivity contribution in [2.24, 2.45) is 5.92 Å². The molecule has 3 heteroatoms. The third-order valence-electron chi connectivity index (χ3n) is 3.20. The fourth-order valence-corrected chi connectivity index (χ4v) is 1.89. The molecule has 1 heterocycles. The van der Waals surface area contributed by atoms with Gasteiger partial charge in [0.15, 0.2) is 6.17 Å². The molecule has 0 aromatic carbocycles. The minimum atomic E-state index is 0.185. The molecule has 0 spiro atoms. The fourth-order valence-electron chi connectivity index (χ4n) is 1.89. The van der Waals surface area contributed by atoms with Crippen LogP contribution in [0.4, 0.5) is 0 Å². The van der Waals surface area contributed by atoms with Crippen molar-refractivity contribution < 1.29 is 9.28 Å². The summed E-state index contributed by atoms with van der Waals surface area (Å²) in [6, 6.07) is 0. The van der Waals surface area contributed by atoms with E-state index in [4.69, 9.17) is 0 Å². The summed E-state index contributed by atoms with van der Waals surface area (Å²) in [6.07, 6.45) is 2.49. The number of carbonyl (C=O) groups is 1. The number of hydrogen-bond donors (Lipinski definition) is 0. The van der Waals surface area contributed by atoms with Crippen LogP contribution in [0, 0.1) is 5.92 Å². The number of quaternary nitrogens is 1. The maximum atomic E-state index is 11.9. The van der Waals surface area contributed by atoms with Gasteiger partial charge in [0.05, 0.1) is 21.1 Å². The van der Waals surface area contributed by atoms with E-state index < -0.39 is 0 Å². The number of rotatable bonds is 3. The van der Waals surface area contributed by atoms with Gasteiger partial charge in [0.1, 0.15) is 0 Å². The first-order valence-electron chi connectivity index (χ1n) is 5.49. The lowest BCUT2D eigenvalue weighted by molar-refractivity contribution is -0.913. The van der Waals surface area contributed by atoms with Crippen molar-refractivity contribution in [3.05, 3.63) is 0 Å². The largest absolute Gasteiger partial charge is 0.311 e. The first-order valence-corrected chi connectivity index (χ1v) is 5.49. The molecule has 1 aliphatic rings. The first-order chi connectivity index (χ1) is 6.38. The van der Waals surface area contributed by atoms with Crippen molar-refractivity contribution >= 4 is 5.91 Å². The Labute approximate surface area is 87.3 Å². The van der Waals surface area contributed by atoms with Crippen molar-refractivity contribution in [2.45, 2.75) is 32.9 Å². The van der Waals surface area contributed by atoms with Gasteiger partial charge < -0.3 is 4.48 Å². The molecular weight excluding hydrogens is 176 g/mol. The molecule has 1 saturated heterocycles. The molecule has 2 unspecified atom stereocenters. The lowest BCUT2D eigenvalue weighted by Crippen LogP contribution is -2.65. The second kappa shape index (κ2) is 3.89. The Morgan fingerprint density at radius 3 is 2.36 bits per heavy atom. The highest BCUT2D eigenvalue weighted by Gasteiger charge is 2.42.